The number of carbonyl (C=O) groups is 2. The fourth-order valence-corrected chi connectivity index (χ4v) is 4.19. The number of amides is 1. The van der Waals surface area contributed by atoms with Gasteiger partial charge in [-0.3, -0.25) is 4.68 Å². The molecule has 8 nitrogen and oxygen atoms in total. The van der Waals surface area contributed by atoms with Crippen molar-refractivity contribution in [3.8, 4) is 22.8 Å². The van der Waals surface area contributed by atoms with Gasteiger partial charge in [0.25, 0.3) is 0 Å². The van der Waals surface area contributed by atoms with Crippen LogP contribution in [0.15, 0.2) is 60.8 Å². The van der Waals surface area contributed by atoms with Crippen LogP contribution in [0.3, 0.4) is 0 Å². The van der Waals surface area contributed by atoms with Crippen LogP contribution in [0.4, 0.5) is 4.79 Å². The van der Waals surface area contributed by atoms with Crippen LogP contribution in [-0.4, -0.2) is 51.5 Å². The molecular formula is C28H33N3O5. The molecule has 1 atom stereocenters. The van der Waals surface area contributed by atoms with E-state index in [0.29, 0.717) is 30.1 Å². The molecule has 1 aliphatic rings. The highest BCUT2D eigenvalue weighted by atomic mass is 16.6. The summed E-state index contributed by atoms with van der Waals surface area (Å²) in [5, 5.41) is 4.73. The molecule has 8 heteroatoms. The number of aromatic nitrogens is 2. The summed E-state index contributed by atoms with van der Waals surface area (Å²) in [4.78, 5) is 27.2. The molecule has 0 radical (unpaired) electrons. The highest BCUT2D eigenvalue weighted by Gasteiger charge is 2.33. The van der Waals surface area contributed by atoms with Crippen molar-refractivity contribution in [2.24, 2.45) is 0 Å². The Morgan fingerprint density at radius 2 is 1.72 bits per heavy atom. The largest absolute Gasteiger partial charge is 0.462 e. The predicted octanol–water partition coefficient (Wildman–Crippen LogP) is 5.92. The number of carbonyl (C=O) groups excluding carboxylic acids is 2. The summed E-state index contributed by atoms with van der Waals surface area (Å²) >= 11 is 0. The molecule has 1 fully saturated rings. The van der Waals surface area contributed by atoms with E-state index in [1.807, 2.05) is 75.4 Å². The van der Waals surface area contributed by atoms with Gasteiger partial charge in [-0.25, -0.2) is 9.59 Å². The van der Waals surface area contributed by atoms with E-state index < -0.39 is 11.6 Å². The summed E-state index contributed by atoms with van der Waals surface area (Å²) in [6.45, 7) is 8.71. The Morgan fingerprint density at radius 3 is 2.39 bits per heavy atom. The topological polar surface area (TPSA) is 82.9 Å². The molecule has 36 heavy (non-hydrogen) atoms. The third-order valence-electron chi connectivity index (χ3n) is 5.77. The van der Waals surface area contributed by atoms with Crippen molar-refractivity contribution in [1.29, 1.82) is 0 Å². The SMILES string of the molecule is CCOC(=O)c1cn(CC2CCCN2C(=O)OC(C)(C)C)nc1-c1ccc(Oc2ccccc2)cc1. The van der Waals surface area contributed by atoms with Crippen molar-refractivity contribution in [1.82, 2.24) is 14.7 Å². The Labute approximate surface area is 211 Å². The van der Waals surface area contributed by atoms with Gasteiger partial charge >= 0.3 is 12.1 Å². The van der Waals surface area contributed by atoms with Crippen molar-refractivity contribution < 1.29 is 23.8 Å². The molecule has 0 spiro atoms. The lowest BCUT2D eigenvalue weighted by Crippen LogP contribution is -2.41. The maximum atomic E-state index is 12.7. The molecular weight excluding hydrogens is 458 g/mol. The molecule has 1 unspecified atom stereocenters. The average molecular weight is 492 g/mol. The molecule has 0 aliphatic carbocycles. The normalized spacial score (nSPS) is 15.6. The second-order valence-electron chi connectivity index (χ2n) is 9.74. The lowest BCUT2D eigenvalue weighted by atomic mass is 10.1. The van der Waals surface area contributed by atoms with E-state index in [0.717, 1.165) is 24.2 Å². The van der Waals surface area contributed by atoms with Crippen molar-refractivity contribution in [2.45, 2.75) is 58.7 Å². The maximum Gasteiger partial charge on any atom is 0.410 e. The van der Waals surface area contributed by atoms with Crippen molar-refractivity contribution in [3.05, 3.63) is 66.4 Å². The van der Waals surface area contributed by atoms with Gasteiger partial charge in [0.05, 0.1) is 19.2 Å². The van der Waals surface area contributed by atoms with E-state index in [1.165, 1.54) is 0 Å². The minimum absolute atomic E-state index is 0.0655. The molecule has 0 saturated carbocycles. The van der Waals surface area contributed by atoms with Crippen LogP contribution in [0.2, 0.25) is 0 Å². The van der Waals surface area contributed by atoms with Crippen LogP contribution < -0.4 is 4.74 Å². The van der Waals surface area contributed by atoms with Crippen LogP contribution in [0, 0.1) is 0 Å². The number of hydrogen-bond acceptors (Lipinski definition) is 6. The third-order valence-corrected chi connectivity index (χ3v) is 5.77. The van der Waals surface area contributed by atoms with Gasteiger partial charge in [-0.15, -0.1) is 0 Å². The van der Waals surface area contributed by atoms with E-state index in [9.17, 15) is 9.59 Å². The van der Waals surface area contributed by atoms with Gasteiger partial charge in [-0.05, 0) is 76.9 Å². The summed E-state index contributed by atoms with van der Waals surface area (Å²) in [6, 6.07) is 16.9. The molecule has 4 rings (SSSR count). The fraction of sp³-hybridized carbons (Fsp3) is 0.393. The number of ether oxygens (including phenoxy) is 3. The summed E-state index contributed by atoms with van der Waals surface area (Å²) in [5.74, 6) is 0.993. The first-order chi connectivity index (χ1) is 17.2. The maximum absolute atomic E-state index is 12.7. The average Bonchev–Trinajstić information content (AvgIpc) is 3.47. The zero-order chi connectivity index (χ0) is 25.7. The summed E-state index contributed by atoms with van der Waals surface area (Å²) in [7, 11) is 0. The fourth-order valence-electron chi connectivity index (χ4n) is 4.19. The number of para-hydroxylation sites is 1. The van der Waals surface area contributed by atoms with Crippen molar-refractivity contribution >= 4 is 12.1 Å². The lowest BCUT2D eigenvalue weighted by Gasteiger charge is -2.28. The van der Waals surface area contributed by atoms with Crippen LogP contribution >= 0.6 is 0 Å². The van der Waals surface area contributed by atoms with E-state index in [1.54, 1.807) is 22.7 Å². The standard InChI is InChI=1S/C28H33N3O5/c1-5-34-26(32)24-19-30(18-21-10-9-17-31(21)27(33)36-28(2,3)4)29-25(24)20-13-15-23(16-14-20)35-22-11-7-6-8-12-22/h6-8,11-16,19,21H,5,9-10,17-18H2,1-4H3. The quantitative estimate of drug-likeness (QED) is 0.382. The zero-order valence-corrected chi connectivity index (χ0v) is 21.3. The first-order valence-electron chi connectivity index (χ1n) is 12.3. The highest BCUT2D eigenvalue weighted by Crippen LogP contribution is 2.29. The summed E-state index contributed by atoms with van der Waals surface area (Å²) < 4.78 is 18.5. The Balaban J connectivity index is 1.55. The van der Waals surface area contributed by atoms with Gasteiger partial charge in [0, 0.05) is 18.3 Å². The lowest BCUT2D eigenvalue weighted by molar-refractivity contribution is 0.0211. The molecule has 2 heterocycles. The second-order valence-corrected chi connectivity index (χ2v) is 9.74. The van der Waals surface area contributed by atoms with Crippen LogP contribution in [0.25, 0.3) is 11.3 Å². The number of benzene rings is 2. The zero-order valence-electron chi connectivity index (χ0n) is 21.3. The minimum atomic E-state index is -0.559. The van der Waals surface area contributed by atoms with Crippen LogP contribution in [0.1, 0.15) is 50.9 Å². The number of likely N-dealkylation sites (tertiary alicyclic amines) is 1. The van der Waals surface area contributed by atoms with Crippen molar-refractivity contribution in [2.75, 3.05) is 13.2 Å². The van der Waals surface area contributed by atoms with Gasteiger partial charge < -0.3 is 19.1 Å². The first-order valence-corrected chi connectivity index (χ1v) is 12.3. The number of esters is 1. The summed E-state index contributed by atoms with van der Waals surface area (Å²) in [6.07, 6.45) is 3.12. The summed E-state index contributed by atoms with van der Waals surface area (Å²) in [5.41, 5.74) is 1.13. The van der Waals surface area contributed by atoms with E-state index >= 15 is 0 Å². The third kappa shape index (κ3) is 6.24. The van der Waals surface area contributed by atoms with Crippen molar-refractivity contribution in [3.63, 3.8) is 0 Å². The van der Waals surface area contributed by atoms with Gasteiger partial charge in [0.1, 0.15) is 28.4 Å². The van der Waals surface area contributed by atoms with Crippen LogP contribution in [0.5, 0.6) is 11.5 Å². The van der Waals surface area contributed by atoms with Gasteiger partial charge in [-0.1, -0.05) is 18.2 Å². The molecule has 1 aromatic heterocycles. The molecule has 190 valence electrons. The minimum Gasteiger partial charge on any atom is -0.462 e. The van der Waals surface area contributed by atoms with Crippen LogP contribution in [-0.2, 0) is 16.0 Å². The van der Waals surface area contributed by atoms with E-state index in [2.05, 4.69) is 0 Å². The second kappa shape index (κ2) is 10.8. The molecule has 3 aromatic rings. The molecule has 1 saturated heterocycles. The Morgan fingerprint density at radius 1 is 1.03 bits per heavy atom. The number of rotatable bonds is 7. The number of hydrogen-bond donors (Lipinski definition) is 0. The van der Waals surface area contributed by atoms with E-state index in [4.69, 9.17) is 19.3 Å². The Hall–Kier alpha value is -3.81. The number of nitrogens with zero attached hydrogens (tertiary/aromatic N) is 3. The molecule has 1 amide bonds. The Bertz CT molecular complexity index is 1180. The van der Waals surface area contributed by atoms with Gasteiger partial charge in [0.15, 0.2) is 0 Å². The Kier molecular flexibility index (Phi) is 7.62. The first kappa shape index (κ1) is 25.3. The van der Waals surface area contributed by atoms with E-state index in [-0.39, 0.29) is 18.7 Å². The highest BCUT2D eigenvalue weighted by molar-refractivity contribution is 5.96. The molecule has 1 aliphatic heterocycles. The molecule has 0 bridgehead atoms. The van der Waals surface area contributed by atoms with Gasteiger partial charge in [-0.2, -0.15) is 5.10 Å². The molecule has 0 N–H and O–H groups in total. The van der Waals surface area contributed by atoms with Gasteiger partial charge in [0.2, 0.25) is 0 Å². The smallest absolute Gasteiger partial charge is 0.410 e. The predicted molar refractivity (Wildman–Crippen MR) is 136 cm³/mol. The monoisotopic (exact) mass is 491 g/mol. The molecule has 2 aromatic carbocycles.